The molecule has 0 unspecified atom stereocenters. The average Bonchev–Trinajstić information content (AvgIpc) is 3.41. The molecule has 6 heteroatoms. The Morgan fingerprint density at radius 3 is 2.71 bits per heavy atom. The lowest BCUT2D eigenvalue weighted by molar-refractivity contribution is 0.321. The lowest BCUT2D eigenvalue weighted by atomic mass is 9.94. The number of rotatable bonds is 3. The van der Waals surface area contributed by atoms with Gasteiger partial charge in [-0.05, 0) is 49.1 Å². The average molecular weight is 413 g/mol. The summed E-state index contributed by atoms with van der Waals surface area (Å²) in [4.78, 5) is 14.6. The normalized spacial score (nSPS) is 26.7. The fraction of sp³-hybridized carbons (Fsp3) is 0.455. The summed E-state index contributed by atoms with van der Waals surface area (Å²) in [5.74, 6) is 0. The van der Waals surface area contributed by atoms with Crippen molar-refractivity contribution < 1.29 is 0 Å². The molecule has 0 aliphatic carbocycles. The Labute approximate surface area is 176 Å². The molecule has 0 radical (unpaired) electrons. The van der Waals surface area contributed by atoms with Crippen LogP contribution in [0.4, 0.5) is 5.69 Å². The monoisotopic (exact) mass is 412 g/mol. The molecular formula is C22H25ClN4S. The highest BCUT2D eigenvalue weighted by Crippen LogP contribution is 2.50. The van der Waals surface area contributed by atoms with Crippen molar-refractivity contribution in [1.82, 2.24) is 9.88 Å². The topological polar surface area (TPSA) is 31.7 Å². The molecule has 3 aliphatic heterocycles. The van der Waals surface area contributed by atoms with Gasteiger partial charge in [0.15, 0.2) is 5.17 Å². The fourth-order valence-electron chi connectivity index (χ4n) is 4.68. The molecule has 5 rings (SSSR count). The second-order valence-electron chi connectivity index (χ2n) is 7.94. The Balaban J connectivity index is 1.57. The largest absolute Gasteiger partial charge is 0.371 e. The van der Waals surface area contributed by atoms with E-state index in [1.165, 1.54) is 29.7 Å². The lowest BCUT2D eigenvalue weighted by Gasteiger charge is -2.30. The van der Waals surface area contributed by atoms with Gasteiger partial charge in [-0.15, -0.1) is 0 Å². The van der Waals surface area contributed by atoms with Crippen molar-refractivity contribution in [3.63, 3.8) is 0 Å². The maximum absolute atomic E-state index is 7.00. The molecule has 0 bridgehead atoms. The second kappa shape index (κ2) is 7.27. The van der Waals surface area contributed by atoms with Crippen LogP contribution in [0.5, 0.6) is 0 Å². The lowest BCUT2D eigenvalue weighted by Crippen LogP contribution is -2.29. The van der Waals surface area contributed by atoms with E-state index in [1.54, 1.807) is 0 Å². The summed E-state index contributed by atoms with van der Waals surface area (Å²) in [5.41, 5.74) is 4.66. The number of hydrogen-bond acceptors (Lipinski definition) is 5. The molecule has 4 heterocycles. The Hall–Kier alpha value is -1.72. The number of aromatic nitrogens is 1. The minimum atomic E-state index is -0.00858. The first kappa shape index (κ1) is 18.3. The smallest absolute Gasteiger partial charge is 0.160 e. The molecule has 1 aromatic carbocycles. The van der Waals surface area contributed by atoms with E-state index in [0.29, 0.717) is 5.25 Å². The number of thioether (sulfide) groups is 1. The van der Waals surface area contributed by atoms with Crippen molar-refractivity contribution in [2.75, 3.05) is 24.5 Å². The maximum atomic E-state index is 7.00. The number of aliphatic imine (C=N–C) groups is 1. The van der Waals surface area contributed by atoms with E-state index >= 15 is 0 Å². The molecule has 0 N–H and O–H groups in total. The van der Waals surface area contributed by atoms with E-state index in [4.69, 9.17) is 16.6 Å². The Morgan fingerprint density at radius 2 is 1.96 bits per heavy atom. The summed E-state index contributed by atoms with van der Waals surface area (Å²) in [5, 5.41) is 2.57. The third-order valence-electron chi connectivity index (χ3n) is 6.03. The van der Waals surface area contributed by atoms with Crippen LogP contribution in [0, 0.1) is 6.92 Å². The zero-order valence-electron chi connectivity index (χ0n) is 16.3. The quantitative estimate of drug-likeness (QED) is 0.690. The van der Waals surface area contributed by atoms with Crippen molar-refractivity contribution in [3.8, 4) is 0 Å². The highest BCUT2D eigenvalue weighted by atomic mass is 35.5. The molecule has 0 amide bonds. The first-order valence-corrected chi connectivity index (χ1v) is 11.3. The molecule has 2 saturated heterocycles. The molecule has 146 valence electrons. The van der Waals surface area contributed by atoms with Gasteiger partial charge in [0.2, 0.25) is 0 Å². The molecule has 0 saturated carbocycles. The third-order valence-corrected chi connectivity index (χ3v) is 7.64. The summed E-state index contributed by atoms with van der Waals surface area (Å²) in [6.07, 6.45) is 4.39. The zero-order chi connectivity index (χ0) is 19.3. The van der Waals surface area contributed by atoms with E-state index in [2.05, 4.69) is 46.8 Å². The van der Waals surface area contributed by atoms with Crippen LogP contribution in [0.15, 0.2) is 41.5 Å². The summed E-state index contributed by atoms with van der Waals surface area (Å²) < 4.78 is 0. The van der Waals surface area contributed by atoms with Crippen LogP contribution in [0.25, 0.3) is 0 Å². The summed E-state index contributed by atoms with van der Waals surface area (Å²) in [6.45, 7) is 7.68. The van der Waals surface area contributed by atoms with Gasteiger partial charge in [0.1, 0.15) is 6.04 Å². The van der Waals surface area contributed by atoms with Crippen LogP contribution in [0.3, 0.4) is 0 Å². The Kier molecular flexibility index (Phi) is 4.76. The number of halogens is 1. The fourth-order valence-corrected chi connectivity index (χ4v) is 6.04. The number of hydrogen-bond donors (Lipinski definition) is 0. The molecule has 3 atom stereocenters. The summed E-state index contributed by atoms with van der Waals surface area (Å²) >= 11 is 8.87. The van der Waals surface area contributed by atoms with E-state index in [9.17, 15) is 0 Å². The van der Waals surface area contributed by atoms with E-state index in [0.717, 1.165) is 35.5 Å². The van der Waals surface area contributed by atoms with Crippen molar-refractivity contribution in [2.24, 2.45) is 4.99 Å². The Bertz CT molecular complexity index is 910. The first-order valence-electron chi connectivity index (χ1n) is 10.1. The summed E-state index contributed by atoms with van der Waals surface area (Å²) in [7, 11) is 0. The molecule has 3 aliphatic rings. The van der Waals surface area contributed by atoms with E-state index in [-0.39, 0.29) is 12.1 Å². The number of fused-ring (bicyclic) bond motifs is 1. The standard InChI is InChI=1S/C22H25ClN4S/c1-14-13-27-21(20(25-22(27)28-14)17-7-3-4-10-24-17)16-8-9-18(15(2)19(16)23)26-11-5-6-12-26/h3-4,7-10,14,20-21H,5-6,11-13H2,1-2H3/t14-,20+,21+/m0/s1. The van der Waals surface area contributed by atoms with Gasteiger partial charge < -0.3 is 9.80 Å². The van der Waals surface area contributed by atoms with Gasteiger partial charge in [0.25, 0.3) is 0 Å². The van der Waals surface area contributed by atoms with E-state index < -0.39 is 0 Å². The van der Waals surface area contributed by atoms with Crippen molar-refractivity contribution in [1.29, 1.82) is 0 Å². The maximum Gasteiger partial charge on any atom is 0.160 e. The van der Waals surface area contributed by atoms with Gasteiger partial charge in [-0.25, -0.2) is 0 Å². The number of amidine groups is 1. The van der Waals surface area contributed by atoms with Gasteiger partial charge in [-0.3, -0.25) is 9.98 Å². The van der Waals surface area contributed by atoms with Crippen molar-refractivity contribution in [2.45, 2.75) is 44.0 Å². The molecule has 28 heavy (non-hydrogen) atoms. The van der Waals surface area contributed by atoms with Crippen LogP contribution in [-0.2, 0) is 0 Å². The highest BCUT2D eigenvalue weighted by Gasteiger charge is 2.44. The minimum absolute atomic E-state index is 0.00858. The summed E-state index contributed by atoms with van der Waals surface area (Å²) in [6, 6.07) is 10.7. The molecule has 4 nitrogen and oxygen atoms in total. The van der Waals surface area contributed by atoms with Gasteiger partial charge in [-0.2, -0.15) is 0 Å². The third kappa shape index (κ3) is 3.00. The predicted octanol–water partition coefficient (Wildman–Crippen LogP) is 5.23. The molecule has 1 aromatic heterocycles. The molecule has 2 aromatic rings. The van der Waals surface area contributed by atoms with Crippen molar-refractivity contribution >= 4 is 34.2 Å². The SMILES string of the molecule is Cc1c(N2CCCC2)ccc([C@@H]2[C@@H](c3ccccn3)N=C3S[C@@H](C)CN32)c1Cl. The van der Waals surface area contributed by atoms with Gasteiger partial charge in [-0.1, -0.05) is 42.4 Å². The van der Waals surface area contributed by atoms with Crippen molar-refractivity contribution in [3.05, 3.63) is 58.4 Å². The Morgan fingerprint density at radius 1 is 1.14 bits per heavy atom. The number of nitrogens with zero attached hydrogens (tertiary/aromatic N) is 4. The number of pyridine rings is 1. The molecular weight excluding hydrogens is 388 g/mol. The van der Waals surface area contributed by atoms with E-state index in [1.807, 2.05) is 30.1 Å². The highest BCUT2D eigenvalue weighted by molar-refractivity contribution is 8.14. The van der Waals surface area contributed by atoms with Crippen LogP contribution < -0.4 is 4.90 Å². The van der Waals surface area contributed by atoms with Gasteiger partial charge >= 0.3 is 0 Å². The van der Waals surface area contributed by atoms with Gasteiger partial charge in [0, 0.05) is 36.8 Å². The minimum Gasteiger partial charge on any atom is -0.371 e. The van der Waals surface area contributed by atoms with Crippen LogP contribution in [0.2, 0.25) is 5.02 Å². The van der Waals surface area contributed by atoms with Crippen LogP contribution in [-0.4, -0.2) is 39.9 Å². The molecule has 2 fully saturated rings. The number of benzene rings is 1. The zero-order valence-corrected chi connectivity index (χ0v) is 17.9. The second-order valence-corrected chi connectivity index (χ2v) is 9.73. The predicted molar refractivity (Wildman–Crippen MR) is 119 cm³/mol. The first-order chi connectivity index (χ1) is 13.6. The molecule has 0 spiro atoms. The van der Waals surface area contributed by atoms with Crippen LogP contribution >= 0.6 is 23.4 Å². The number of anilines is 1. The van der Waals surface area contributed by atoms with Crippen LogP contribution in [0.1, 0.15) is 48.7 Å². The van der Waals surface area contributed by atoms with Gasteiger partial charge in [0.05, 0.1) is 16.8 Å².